The van der Waals surface area contributed by atoms with Crippen molar-refractivity contribution in [1.29, 1.82) is 0 Å². The van der Waals surface area contributed by atoms with Crippen LogP contribution in [0.2, 0.25) is 0 Å². The number of hydrogen-bond donors (Lipinski definition) is 1. The largest absolute Gasteiger partial charge is 0.372 e. The van der Waals surface area contributed by atoms with Crippen LogP contribution in [0.1, 0.15) is 44.7 Å². The molecule has 1 heterocycles. The SMILES string of the molecule is CCCCc1ccc(NCN2C(=O)/C(=C\c3ccc(N(CC)CC)cc3)SC2=S)cc1. The molecule has 0 saturated carbocycles. The molecule has 1 saturated heterocycles. The van der Waals surface area contributed by atoms with Gasteiger partial charge in [0.1, 0.15) is 4.32 Å². The van der Waals surface area contributed by atoms with Gasteiger partial charge in [0.2, 0.25) is 0 Å². The van der Waals surface area contributed by atoms with E-state index in [1.165, 1.54) is 35.9 Å². The Balaban J connectivity index is 1.61. The zero-order valence-electron chi connectivity index (χ0n) is 18.6. The number of amides is 1. The van der Waals surface area contributed by atoms with Gasteiger partial charge in [-0.25, -0.2) is 0 Å². The molecule has 1 N–H and O–H groups in total. The molecule has 0 unspecified atom stereocenters. The highest BCUT2D eigenvalue weighted by Gasteiger charge is 2.31. The van der Waals surface area contributed by atoms with Crippen molar-refractivity contribution in [3.63, 3.8) is 0 Å². The van der Waals surface area contributed by atoms with Crippen LogP contribution in [0.25, 0.3) is 6.08 Å². The molecule has 3 rings (SSSR count). The minimum Gasteiger partial charge on any atom is -0.372 e. The first-order valence-corrected chi connectivity index (χ1v) is 12.2. The summed E-state index contributed by atoms with van der Waals surface area (Å²) in [6.07, 6.45) is 5.43. The summed E-state index contributed by atoms with van der Waals surface area (Å²) in [5, 5.41) is 3.32. The third-order valence-electron chi connectivity index (χ3n) is 5.41. The number of unbranched alkanes of at least 4 members (excludes halogenated alkanes) is 1. The van der Waals surface area contributed by atoms with Crippen LogP contribution in [-0.2, 0) is 11.2 Å². The first-order chi connectivity index (χ1) is 15.0. The molecule has 0 aromatic heterocycles. The Kier molecular flexibility index (Phi) is 8.55. The van der Waals surface area contributed by atoms with E-state index in [2.05, 4.69) is 79.5 Å². The lowest BCUT2D eigenvalue weighted by atomic mass is 10.1. The van der Waals surface area contributed by atoms with E-state index < -0.39 is 0 Å². The molecule has 0 aliphatic carbocycles. The molecule has 2 aromatic rings. The summed E-state index contributed by atoms with van der Waals surface area (Å²) in [4.78, 5) is 17.5. The molecule has 0 radical (unpaired) electrons. The predicted octanol–water partition coefficient (Wildman–Crippen LogP) is 6.15. The van der Waals surface area contributed by atoms with Crippen molar-refractivity contribution in [3.8, 4) is 0 Å². The molecule has 2 aromatic carbocycles. The van der Waals surface area contributed by atoms with E-state index in [0.717, 1.165) is 30.8 Å². The summed E-state index contributed by atoms with van der Waals surface area (Å²) in [6, 6.07) is 16.7. The zero-order chi connectivity index (χ0) is 22.2. The normalized spacial score (nSPS) is 15.1. The number of thioether (sulfide) groups is 1. The van der Waals surface area contributed by atoms with Gasteiger partial charge >= 0.3 is 0 Å². The van der Waals surface area contributed by atoms with Crippen molar-refractivity contribution in [2.45, 2.75) is 40.0 Å². The summed E-state index contributed by atoms with van der Waals surface area (Å²) in [5.41, 5.74) is 4.53. The second kappa shape index (κ2) is 11.3. The van der Waals surface area contributed by atoms with Gasteiger partial charge in [0.25, 0.3) is 5.91 Å². The van der Waals surface area contributed by atoms with Crippen LogP contribution in [-0.4, -0.2) is 34.9 Å². The Bertz CT molecular complexity index is 919. The van der Waals surface area contributed by atoms with Crippen LogP contribution in [0.15, 0.2) is 53.4 Å². The summed E-state index contributed by atoms with van der Waals surface area (Å²) < 4.78 is 0.586. The third-order valence-corrected chi connectivity index (χ3v) is 6.79. The average molecular weight is 454 g/mol. The zero-order valence-corrected chi connectivity index (χ0v) is 20.2. The maximum atomic E-state index is 12.9. The Morgan fingerprint density at radius 2 is 1.71 bits per heavy atom. The molecule has 1 aliphatic heterocycles. The molecule has 4 nitrogen and oxygen atoms in total. The highest BCUT2D eigenvalue weighted by Crippen LogP contribution is 2.32. The number of nitrogens with one attached hydrogen (secondary N) is 1. The number of carbonyl (C=O) groups is 1. The van der Waals surface area contributed by atoms with Crippen molar-refractivity contribution in [3.05, 3.63) is 64.6 Å². The van der Waals surface area contributed by atoms with Gasteiger partial charge in [-0.05, 0) is 68.2 Å². The van der Waals surface area contributed by atoms with Gasteiger partial charge in [0.05, 0.1) is 11.6 Å². The first kappa shape index (κ1) is 23.4. The standard InChI is InChI=1S/C25H31N3OS2/c1-4-7-8-19-9-13-21(14-10-19)26-18-28-24(29)23(31-25(28)30)17-20-11-15-22(16-12-20)27(5-2)6-3/h9-17,26H,4-8,18H2,1-3H3/b23-17+. The number of aryl methyl sites for hydroxylation is 1. The van der Waals surface area contributed by atoms with E-state index in [-0.39, 0.29) is 5.91 Å². The van der Waals surface area contributed by atoms with Crippen LogP contribution in [0, 0.1) is 0 Å². The van der Waals surface area contributed by atoms with Gasteiger partial charge in [0, 0.05) is 24.5 Å². The Morgan fingerprint density at radius 1 is 1.03 bits per heavy atom. The summed E-state index contributed by atoms with van der Waals surface area (Å²) in [6.45, 7) is 8.83. The number of thiocarbonyl (C=S) groups is 1. The van der Waals surface area contributed by atoms with Crippen molar-refractivity contribution in [1.82, 2.24) is 4.90 Å². The molecule has 31 heavy (non-hydrogen) atoms. The van der Waals surface area contributed by atoms with E-state index in [0.29, 0.717) is 15.9 Å². The average Bonchev–Trinajstić information content (AvgIpc) is 3.05. The molecule has 1 aliphatic rings. The van der Waals surface area contributed by atoms with E-state index >= 15 is 0 Å². The Morgan fingerprint density at radius 3 is 2.32 bits per heavy atom. The van der Waals surface area contributed by atoms with Gasteiger partial charge in [-0.1, -0.05) is 61.6 Å². The topological polar surface area (TPSA) is 35.6 Å². The van der Waals surface area contributed by atoms with Crippen LogP contribution in [0.4, 0.5) is 11.4 Å². The predicted molar refractivity (Wildman–Crippen MR) is 139 cm³/mol. The highest BCUT2D eigenvalue weighted by atomic mass is 32.2. The Hall–Kier alpha value is -2.31. The van der Waals surface area contributed by atoms with E-state index in [9.17, 15) is 4.79 Å². The number of hydrogen-bond acceptors (Lipinski definition) is 5. The van der Waals surface area contributed by atoms with Crippen LogP contribution < -0.4 is 10.2 Å². The maximum absolute atomic E-state index is 12.9. The van der Waals surface area contributed by atoms with Crippen molar-refractivity contribution in [2.75, 3.05) is 30.0 Å². The smallest absolute Gasteiger partial charge is 0.267 e. The first-order valence-electron chi connectivity index (χ1n) is 11.0. The molecular formula is C25H31N3OS2. The summed E-state index contributed by atoms with van der Waals surface area (Å²) in [7, 11) is 0. The molecule has 1 fully saturated rings. The fourth-order valence-electron chi connectivity index (χ4n) is 3.50. The quantitative estimate of drug-likeness (QED) is 0.345. The molecule has 164 valence electrons. The molecule has 1 amide bonds. The molecule has 0 bridgehead atoms. The van der Waals surface area contributed by atoms with Gasteiger partial charge < -0.3 is 10.2 Å². The van der Waals surface area contributed by atoms with Crippen molar-refractivity contribution in [2.24, 2.45) is 0 Å². The van der Waals surface area contributed by atoms with Crippen LogP contribution in [0.5, 0.6) is 0 Å². The summed E-state index contributed by atoms with van der Waals surface area (Å²) in [5.74, 6) is -0.0464. The van der Waals surface area contributed by atoms with Crippen LogP contribution >= 0.6 is 24.0 Å². The fraction of sp³-hybridized carbons (Fsp3) is 0.360. The fourth-order valence-corrected chi connectivity index (χ4v) is 4.75. The van der Waals surface area contributed by atoms with Gasteiger partial charge in [-0.15, -0.1) is 0 Å². The lowest BCUT2D eigenvalue weighted by molar-refractivity contribution is -0.121. The second-order valence-corrected chi connectivity index (χ2v) is 9.18. The van der Waals surface area contributed by atoms with Gasteiger partial charge in [-0.2, -0.15) is 0 Å². The molecule has 0 spiro atoms. The molecule has 0 atom stereocenters. The maximum Gasteiger partial charge on any atom is 0.267 e. The third kappa shape index (κ3) is 6.11. The van der Waals surface area contributed by atoms with Crippen molar-refractivity contribution < 1.29 is 4.79 Å². The van der Waals surface area contributed by atoms with Gasteiger partial charge in [-0.3, -0.25) is 9.69 Å². The number of carbonyl (C=O) groups excluding carboxylic acids is 1. The molecular weight excluding hydrogens is 422 g/mol. The number of anilines is 2. The van der Waals surface area contributed by atoms with E-state index in [4.69, 9.17) is 12.2 Å². The van der Waals surface area contributed by atoms with E-state index in [1.807, 2.05) is 6.08 Å². The Labute approximate surface area is 195 Å². The lowest BCUT2D eigenvalue weighted by Gasteiger charge is -2.20. The van der Waals surface area contributed by atoms with Crippen LogP contribution in [0.3, 0.4) is 0 Å². The minimum absolute atomic E-state index is 0.0464. The second-order valence-electron chi connectivity index (χ2n) is 7.51. The highest BCUT2D eigenvalue weighted by molar-refractivity contribution is 8.26. The minimum atomic E-state index is -0.0464. The summed E-state index contributed by atoms with van der Waals surface area (Å²) >= 11 is 6.82. The van der Waals surface area contributed by atoms with E-state index in [1.54, 1.807) is 4.90 Å². The van der Waals surface area contributed by atoms with Crippen molar-refractivity contribution >= 4 is 51.7 Å². The van der Waals surface area contributed by atoms with Gasteiger partial charge in [0.15, 0.2) is 0 Å². The lowest BCUT2D eigenvalue weighted by Crippen LogP contribution is -2.33. The number of benzene rings is 2. The molecule has 6 heteroatoms. The number of rotatable bonds is 10. The number of nitrogens with zero attached hydrogens (tertiary/aromatic N) is 2. The monoisotopic (exact) mass is 453 g/mol.